The van der Waals surface area contributed by atoms with E-state index in [-0.39, 0.29) is 152 Å². The van der Waals surface area contributed by atoms with Crippen LogP contribution in [0.3, 0.4) is 0 Å². The van der Waals surface area contributed by atoms with Crippen LogP contribution in [0.1, 0.15) is 198 Å². The van der Waals surface area contributed by atoms with Crippen molar-refractivity contribution in [3.8, 4) is 0 Å². The summed E-state index contributed by atoms with van der Waals surface area (Å²) in [7, 11) is 2.10. The number of nitrogens with one attached hydrogen (secondary N) is 11. The molecular weight excluding hydrogens is 1880 g/mol. The van der Waals surface area contributed by atoms with Gasteiger partial charge in [-0.15, -0.1) is 0 Å². The van der Waals surface area contributed by atoms with Crippen molar-refractivity contribution in [3.63, 3.8) is 0 Å². The molecule has 11 amide bonds. The Labute approximate surface area is 841 Å². The molecule has 6 aliphatic rings. The first-order valence-corrected chi connectivity index (χ1v) is 49.1. The molecule has 7 heterocycles. The molecule has 0 spiro atoms. The zero-order chi connectivity index (χ0) is 105. The number of guanidine groups is 2. The van der Waals surface area contributed by atoms with Gasteiger partial charge < -0.3 is 112 Å². The molecule has 0 radical (unpaired) electrons. The number of Topliss-reactive ketones (excluding diaryl/α,β-unsaturated/α-hetero) is 1. The number of pyridine rings is 1. The number of allylic oxidation sites excluding steroid dienone is 6. The van der Waals surface area contributed by atoms with Crippen molar-refractivity contribution in [1.29, 1.82) is 0 Å². The van der Waals surface area contributed by atoms with Crippen LogP contribution in [0.15, 0.2) is 169 Å². The molecule has 0 aliphatic carbocycles. The van der Waals surface area contributed by atoms with Gasteiger partial charge in [-0.05, 0) is 181 Å². The SMILES string of the molecule is CN1CC(/C=C/C2=Nc3c(ccc[n+]3CCCCCC(=O)O)C2(C)C)=C(Cl)C(=C/C=C2/N=C3C(=CC=CN3CCCCCC(=O)O)C2(C)C)/C1.NC(N)=NCCC[C@H]1NC(=O)[C@@H](CCCCNC(=O)C(N)CCC(=O)NCCCC[C@H]2NC(=O)[C@H](Cc3ccccc3)NC(=O)[C@@H](CC(=O)O)NC(=O)CNC(=O)[C@@H](CCCN=C(N)N)NC2=O)NC(=O)[C@H](Cc2ccccc2)NC(=O)[C@@H](CC(=O)O)NC(=O)CCC1=O. The van der Waals surface area contributed by atoms with Gasteiger partial charge in [-0.2, -0.15) is 0 Å². The number of carbonyl (C=O) groups is 16. The van der Waals surface area contributed by atoms with E-state index in [1.54, 1.807) is 60.7 Å². The van der Waals surface area contributed by atoms with E-state index in [2.05, 4.69) is 179 Å². The summed E-state index contributed by atoms with van der Waals surface area (Å²) in [6.45, 7) is 11.4. The minimum Gasteiger partial charge on any atom is -0.481 e. The number of aliphatic imine (C=N–C) groups is 4. The Kier molecular flexibility index (Phi) is 46.0. The molecule has 1 aromatic heterocycles. The number of fused-ring (bicyclic) bond motifs is 2. The fraction of sp³-hybridized carbons (Fsp3) is 0.510. The number of ketones is 1. The molecule has 6 aliphatic heterocycles. The lowest BCUT2D eigenvalue weighted by Crippen LogP contribution is -2.58. The average Bonchev–Trinajstić information content (AvgIpc) is 1.61. The summed E-state index contributed by atoms with van der Waals surface area (Å²) in [6, 6.07) is 8.76. The normalized spacial score (nSPS) is 21.5. The second-order valence-corrected chi connectivity index (χ2v) is 37.7. The van der Waals surface area contributed by atoms with Gasteiger partial charge in [0, 0.05) is 113 Å². The highest BCUT2D eigenvalue weighted by Crippen LogP contribution is 2.45. The molecule has 2 saturated heterocycles. The molecule has 144 heavy (non-hydrogen) atoms. The van der Waals surface area contributed by atoms with E-state index in [0.717, 1.165) is 91.1 Å². The second-order valence-electron chi connectivity index (χ2n) is 37.3. The maximum Gasteiger partial charge on any atom is 0.327 e. The zero-order valence-electron chi connectivity index (χ0n) is 82.2. The molecule has 780 valence electrons. The average molecular weight is 2020 g/mol. The smallest absolute Gasteiger partial charge is 0.327 e. The van der Waals surface area contributed by atoms with Gasteiger partial charge in [0.1, 0.15) is 48.1 Å². The van der Waals surface area contributed by atoms with Crippen LogP contribution in [0.5, 0.6) is 0 Å². The number of carboxylic acids is 4. The first kappa shape index (κ1) is 115. The molecule has 2 aromatic carbocycles. The number of nitrogens with zero attached hydrogens (tertiary/aromatic N) is 7. The molecular formula is C100H139ClN23O20+. The van der Waals surface area contributed by atoms with Gasteiger partial charge in [0.15, 0.2) is 23.4 Å². The quantitative estimate of drug-likeness (QED) is 0.0167. The van der Waals surface area contributed by atoms with E-state index in [9.17, 15) is 86.9 Å². The minimum absolute atomic E-state index is 0.0200. The fourth-order valence-electron chi connectivity index (χ4n) is 16.9. The molecule has 9 atom stereocenters. The summed E-state index contributed by atoms with van der Waals surface area (Å²) in [5, 5.41) is 65.9. The van der Waals surface area contributed by atoms with Crippen LogP contribution < -0.4 is 91.7 Å². The number of carbonyl (C=O) groups excluding carboxylic acids is 12. The Hall–Kier alpha value is -14.4. The number of hydrogen-bond acceptors (Lipinski definition) is 23. The molecule has 0 saturated carbocycles. The number of amidine groups is 1. The highest BCUT2D eigenvalue weighted by atomic mass is 35.5. The topological polar surface area (TPSA) is 676 Å². The van der Waals surface area contributed by atoms with Gasteiger partial charge in [0.2, 0.25) is 65.0 Å². The summed E-state index contributed by atoms with van der Waals surface area (Å²) < 4.78 is 2.19. The molecule has 3 aromatic rings. The van der Waals surface area contributed by atoms with E-state index in [4.69, 9.17) is 60.5 Å². The number of aromatic nitrogens is 1. The van der Waals surface area contributed by atoms with Crippen molar-refractivity contribution in [3.05, 3.63) is 166 Å². The van der Waals surface area contributed by atoms with Crippen molar-refractivity contribution in [2.75, 3.05) is 59.4 Å². The number of amides is 11. The molecule has 0 bridgehead atoms. The highest BCUT2D eigenvalue weighted by molar-refractivity contribution is 6.33. The first-order chi connectivity index (χ1) is 68.6. The number of unbranched alkanes of at least 4 members (excludes halogenated alkanes) is 6. The number of carboxylic acid groups (broad SMARTS) is 4. The summed E-state index contributed by atoms with van der Waals surface area (Å²) in [4.78, 5) is 231. The van der Waals surface area contributed by atoms with Gasteiger partial charge in [-0.25, -0.2) is 9.56 Å². The lowest BCUT2D eigenvalue weighted by Gasteiger charge is -2.28. The van der Waals surface area contributed by atoms with E-state index >= 15 is 0 Å². The summed E-state index contributed by atoms with van der Waals surface area (Å²) in [5.74, 6) is -12.4. The van der Waals surface area contributed by atoms with Crippen molar-refractivity contribution >= 4 is 136 Å². The summed E-state index contributed by atoms with van der Waals surface area (Å²) >= 11 is 7.11. The Morgan fingerprint density at radius 3 is 1.60 bits per heavy atom. The van der Waals surface area contributed by atoms with E-state index in [1.165, 1.54) is 11.1 Å². The number of aliphatic carboxylic acids is 4. The lowest BCUT2D eigenvalue weighted by molar-refractivity contribution is -0.684. The third-order valence-electron chi connectivity index (χ3n) is 25.0. The number of rotatable bonds is 45. The molecule has 25 N–H and O–H groups in total. The fourth-order valence-corrected chi connectivity index (χ4v) is 17.1. The van der Waals surface area contributed by atoms with Gasteiger partial charge in [-0.3, -0.25) is 91.6 Å². The Morgan fingerprint density at radius 1 is 0.535 bits per heavy atom. The van der Waals surface area contributed by atoms with Crippen LogP contribution in [-0.4, -0.2) is 262 Å². The minimum atomic E-state index is -1.67. The number of benzene rings is 2. The molecule has 44 heteroatoms. The second kappa shape index (κ2) is 57.7. The number of likely N-dealkylation sites (N-methyl/N-ethyl adjacent to an activating group) is 1. The third-order valence-corrected chi connectivity index (χ3v) is 25.4. The largest absolute Gasteiger partial charge is 0.481 e. The monoisotopic (exact) mass is 2020 g/mol. The molecule has 2 fully saturated rings. The van der Waals surface area contributed by atoms with Crippen LogP contribution in [0, 0.1) is 5.41 Å². The Balaban J connectivity index is 0.000000422. The van der Waals surface area contributed by atoms with Gasteiger partial charge in [-0.1, -0.05) is 111 Å². The van der Waals surface area contributed by atoms with E-state index in [0.29, 0.717) is 24.0 Å². The van der Waals surface area contributed by atoms with Crippen LogP contribution in [0.4, 0.5) is 5.82 Å². The van der Waals surface area contributed by atoms with Crippen LogP contribution in [0.2, 0.25) is 0 Å². The van der Waals surface area contributed by atoms with Crippen molar-refractivity contribution < 1.29 is 102 Å². The van der Waals surface area contributed by atoms with E-state index < -0.39 is 181 Å². The molecule has 9 rings (SSSR count). The maximum atomic E-state index is 14.2. The van der Waals surface area contributed by atoms with Crippen molar-refractivity contribution in [1.82, 2.24) is 68.3 Å². The standard InChI is InChI=1S/C60H88N18O16.C40H50ClN5O4/c61-36(51(87)67-26-10-8-18-39-53(89)73-37(19-11-27-68-59(62)63)45(79)22-24-47(81)71-43(31-49(83)84)57(93)77-41(55(91)75-39)29-34-13-3-1-4-14-34)21-23-46(80)66-25-9-7-17-40-54(90)74-38(20-12-28-69-60(64)65)52(88)70-33-48(82)72-44(32-50(85)86)58(94)78-42(56(92)76-40)30-35-15-5-2-6-16-35;1-39(2)30-14-12-24-45(22-10-6-8-16-34(47)48)37(30)42-32(39)20-18-28-26-44(5)27-29(36(28)41)19-21-33-40(3,4)31-15-13-25-46(38(31)43-33)23-11-7-9-17-35(49)50/h1-6,13-16,36-44H,7-12,17-33,61H2,(H,66,80)(H,67,87)(H,70,88)(H,71,81)(H,72,82)(H,73,89)(H,74,90)(H,75,91)(H,76,92)(H,77,93)(H,78,94)(H,83,84)(H,85,86)(H4,62,63,68)(H4,64,65,69);12-15,18-21,24-25H,6-11,16-17,22-23,26-27H2,1-5H3,(H-,47,48,49,50)/p+1/t36?,37-,38-,39-,40-,41+,42+,43-,44-;/m1./s1. The third kappa shape index (κ3) is 37.8. The predicted molar refractivity (Wildman–Crippen MR) is 538 cm³/mol. The van der Waals surface area contributed by atoms with Crippen LogP contribution in [0.25, 0.3) is 0 Å². The van der Waals surface area contributed by atoms with Crippen LogP contribution in [-0.2, 0) is 102 Å². The lowest BCUT2D eigenvalue weighted by atomic mass is 9.81. The number of nitrogens with two attached hydrogens (primary N) is 5. The van der Waals surface area contributed by atoms with Crippen molar-refractivity contribution in [2.45, 2.75) is 261 Å². The first-order valence-electron chi connectivity index (χ1n) is 48.7. The molecule has 1 unspecified atom stereocenters. The van der Waals surface area contributed by atoms with Gasteiger partial charge >= 0.3 is 29.7 Å². The van der Waals surface area contributed by atoms with Crippen LogP contribution >= 0.6 is 11.6 Å². The zero-order valence-corrected chi connectivity index (χ0v) is 83.0. The summed E-state index contributed by atoms with van der Waals surface area (Å²) in [5.41, 5.74) is 35.0. The number of aryl methyl sites for hydroxylation is 1. The Bertz CT molecular complexity index is 5410. The predicted octanol–water partition coefficient (Wildman–Crippen LogP) is 2.21. The van der Waals surface area contributed by atoms with Gasteiger partial charge in [0.25, 0.3) is 0 Å². The maximum absolute atomic E-state index is 14.2. The Morgan fingerprint density at radius 2 is 1.04 bits per heavy atom. The van der Waals surface area contributed by atoms with E-state index in [1.807, 2.05) is 0 Å². The summed E-state index contributed by atoms with van der Waals surface area (Å²) in [6.07, 6.45) is 20.1. The highest BCUT2D eigenvalue weighted by Gasteiger charge is 2.44. The molecule has 43 nitrogen and oxygen atoms in total. The van der Waals surface area contributed by atoms with Gasteiger partial charge in [0.05, 0.1) is 60.9 Å². The van der Waals surface area contributed by atoms with Crippen molar-refractivity contribution in [2.24, 2.45) is 54.1 Å². The number of halogens is 1. The number of hydrogen-bond donors (Lipinski definition) is 20.